The summed E-state index contributed by atoms with van der Waals surface area (Å²) < 4.78 is 12.0. The topological polar surface area (TPSA) is 29.1 Å². The van der Waals surface area contributed by atoms with Gasteiger partial charge in [-0.15, -0.1) is 0 Å². The summed E-state index contributed by atoms with van der Waals surface area (Å²) in [5.41, 5.74) is 0. The molecule has 1 aliphatic heterocycles. The van der Waals surface area contributed by atoms with Gasteiger partial charge in [-0.3, -0.25) is 4.21 Å². The van der Waals surface area contributed by atoms with E-state index in [9.17, 15) is 4.21 Å². The minimum absolute atomic E-state index is 0.278. The third-order valence-corrected chi connectivity index (χ3v) is 4.15. The van der Waals surface area contributed by atoms with Crippen LogP contribution in [0, 0.1) is 0 Å². The highest BCUT2D eigenvalue weighted by atomic mass is 32.2. The molecule has 3 heteroatoms. The molecule has 0 aromatic rings. The van der Waals surface area contributed by atoms with Crippen molar-refractivity contribution in [3.8, 4) is 0 Å². The Morgan fingerprint density at radius 2 is 2.00 bits per heavy atom. The maximum atomic E-state index is 12.0. The molecule has 1 unspecified atom stereocenters. The highest BCUT2D eigenvalue weighted by molar-refractivity contribution is 7.89. The van der Waals surface area contributed by atoms with Crippen LogP contribution in [-0.4, -0.2) is 22.5 Å². The Bertz CT molecular complexity index is 264. The third kappa shape index (κ3) is 2.93. The second-order valence-corrected chi connectivity index (χ2v) is 4.99. The van der Waals surface area contributed by atoms with Crippen molar-refractivity contribution in [2.24, 2.45) is 0 Å². The van der Waals surface area contributed by atoms with Crippen LogP contribution in [0.4, 0.5) is 0 Å². The number of hydrogen-bond donors (Lipinski definition) is 1. The lowest BCUT2D eigenvalue weighted by atomic mass is 10.2. The Labute approximate surface area is 88.2 Å². The van der Waals surface area contributed by atoms with Gasteiger partial charge in [0.1, 0.15) is 0 Å². The second kappa shape index (κ2) is 5.94. The fraction of sp³-hybridized carbons (Fsp3) is 0.455. The minimum Gasteiger partial charge on any atom is -0.317 e. The molecule has 0 spiro atoms. The summed E-state index contributed by atoms with van der Waals surface area (Å²) in [6.07, 6.45) is 7.07. The van der Waals surface area contributed by atoms with Gasteiger partial charge in [-0.2, -0.15) is 0 Å². The van der Waals surface area contributed by atoms with E-state index in [0.29, 0.717) is 0 Å². The number of allylic oxidation sites excluding steroid dienone is 3. The van der Waals surface area contributed by atoms with Gasteiger partial charge in [0.05, 0.1) is 10.8 Å². The van der Waals surface area contributed by atoms with Crippen LogP contribution in [-0.2, 0) is 10.8 Å². The Morgan fingerprint density at radius 1 is 1.36 bits per heavy atom. The van der Waals surface area contributed by atoms with Crippen LogP contribution in [0.2, 0.25) is 0 Å². The fourth-order valence-corrected chi connectivity index (χ4v) is 2.98. The molecule has 14 heavy (non-hydrogen) atoms. The van der Waals surface area contributed by atoms with E-state index in [1.54, 1.807) is 18.2 Å². The molecule has 1 heterocycles. The van der Waals surface area contributed by atoms with Crippen molar-refractivity contribution >= 4 is 10.8 Å². The first-order valence-electron chi connectivity index (χ1n) is 4.86. The van der Waals surface area contributed by atoms with Gasteiger partial charge in [-0.1, -0.05) is 25.3 Å². The molecular formula is C11H17NOS. The summed E-state index contributed by atoms with van der Waals surface area (Å²) in [7, 11) is -0.912. The summed E-state index contributed by atoms with van der Waals surface area (Å²) >= 11 is 0. The molecule has 2 nitrogen and oxygen atoms in total. The van der Waals surface area contributed by atoms with Crippen LogP contribution in [0.25, 0.3) is 0 Å². The third-order valence-electron chi connectivity index (χ3n) is 2.30. The lowest BCUT2D eigenvalue weighted by Gasteiger charge is -2.22. The van der Waals surface area contributed by atoms with Crippen molar-refractivity contribution in [1.82, 2.24) is 5.32 Å². The van der Waals surface area contributed by atoms with Crippen molar-refractivity contribution in [2.45, 2.75) is 18.1 Å². The molecule has 1 saturated heterocycles. The highest BCUT2D eigenvalue weighted by Gasteiger charge is 2.20. The van der Waals surface area contributed by atoms with Crippen LogP contribution in [0.5, 0.6) is 0 Å². The lowest BCUT2D eigenvalue weighted by molar-refractivity contribution is 0.521. The van der Waals surface area contributed by atoms with Gasteiger partial charge in [0.15, 0.2) is 0 Å². The molecule has 1 rings (SSSR count). The standard InChI is InChI=1S/C11H17NOS/c1-3-5-10(4-2)14(13)11-6-8-12-9-7-11/h3-5,11-12H,1-2,6-9H2/b10-5+. The molecule has 1 N–H and O–H groups in total. The Hall–Kier alpha value is -0.670. The van der Waals surface area contributed by atoms with Crippen LogP contribution in [0.1, 0.15) is 12.8 Å². The van der Waals surface area contributed by atoms with E-state index in [0.717, 1.165) is 30.8 Å². The summed E-state index contributed by atoms with van der Waals surface area (Å²) in [6.45, 7) is 9.21. The Balaban J connectivity index is 2.65. The average Bonchev–Trinajstić information content (AvgIpc) is 2.26. The maximum absolute atomic E-state index is 12.0. The normalized spacial score (nSPS) is 21.6. The molecule has 0 aliphatic carbocycles. The molecular weight excluding hydrogens is 194 g/mol. The van der Waals surface area contributed by atoms with E-state index in [-0.39, 0.29) is 5.25 Å². The van der Waals surface area contributed by atoms with Crippen molar-refractivity contribution in [1.29, 1.82) is 0 Å². The summed E-state index contributed by atoms with van der Waals surface area (Å²) in [6, 6.07) is 0. The zero-order valence-electron chi connectivity index (χ0n) is 8.37. The number of piperidine rings is 1. The van der Waals surface area contributed by atoms with Crippen molar-refractivity contribution < 1.29 is 4.21 Å². The average molecular weight is 211 g/mol. The summed E-state index contributed by atoms with van der Waals surface area (Å²) in [5, 5.41) is 3.54. The molecule has 0 aromatic heterocycles. The van der Waals surface area contributed by atoms with Gasteiger partial charge in [0, 0.05) is 10.2 Å². The van der Waals surface area contributed by atoms with Gasteiger partial charge in [0.25, 0.3) is 0 Å². The molecule has 0 amide bonds. The van der Waals surface area contributed by atoms with Crippen LogP contribution in [0.3, 0.4) is 0 Å². The molecule has 0 radical (unpaired) electrons. The van der Waals surface area contributed by atoms with Gasteiger partial charge >= 0.3 is 0 Å². The van der Waals surface area contributed by atoms with Crippen molar-refractivity contribution in [2.75, 3.05) is 13.1 Å². The monoisotopic (exact) mass is 211 g/mol. The van der Waals surface area contributed by atoms with Crippen LogP contribution in [0.15, 0.2) is 36.3 Å². The predicted molar refractivity (Wildman–Crippen MR) is 62.5 cm³/mol. The summed E-state index contributed by atoms with van der Waals surface area (Å²) in [5.74, 6) is 0. The van der Waals surface area contributed by atoms with E-state index in [1.165, 1.54) is 0 Å². The molecule has 1 fully saturated rings. The van der Waals surface area contributed by atoms with Crippen LogP contribution < -0.4 is 5.32 Å². The van der Waals surface area contributed by atoms with E-state index >= 15 is 0 Å². The van der Waals surface area contributed by atoms with E-state index in [2.05, 4.69) is 18.5 Å². The Kier molecular flexibility index (Phi) is 4.84. The molecule has 78 valence electrons. The first-order chi connectivity index (χ1) is 6.79. The first-order valence-corrected chi connectivity index (χ1v) is 6.07. The molecule has 0 aromatic carbocycles. The minimum atomic E-state index is -0.912. The Morgan fingerprint density at radius 3 is 2.50 bits per heavy atom. The number of rotatable bonds is 4. The fourth-order valence-electron chi connectivity index (χ4n) is 1.54. The van der Waals surface area contributed by atoms with Gasteiger partial charge in [-0.05, 0) is 32.0 Å². The highest BCUT2D eigenvalue weighted by Crippen LogP contribution is 2.17. The summed E-state index contributed by atoms with van der Waals surface area (Å²) in [4.78, 5) is 0.798. The van der Waals surface area contributed by atoms with E-state index in [1.807, 2.05) is 0 Å². The van der Waals surface area contributed by atoms with Crippen LogP contribution >= 0.6 is 0 Å². The quantitative estimate of drug-likeness (QED) is 0.718. The van der Waals surface area contributed by atoms with Crippen molar-refractivity contribution in [3.05, 3.63) is 36.3 Å². The predicted octanol–water partition coefficient (Wildman–Crippen LogP) is 1.74. The second-order valence-electron chi connectivity index (χ2n) is 3.26. The van der Waals surface area contributed by atoms with Gasteiger partial charge in [0.2, 0.25) is 0 Å². The smallest absolute Gasteiger partial charge is 0.0561 e. The number of hydrogen-bond acceptors (Lipinski definition) is 2. The van der Waals surface area contributed by atoms with Crippen molar-refractivity contribution in [3.63, 3.8) is 0 Å². The molecule has 0 bridgehead atoms. The first kappa shape index (κ1) is 11.4. The zero-order chi connectivity index (χ0) is 10.4. The maximum Gasteiger partial charge on any atom is 0.0561 e. The van der Waals surface area contributed by atoms with Gasteiger partial charge < -0.3 is 5.32 Å². The lowest BCUT2D eigenvalue weighted by Crippen LogP contribution is -2.33. The molecule has 1 aliphatic rings. The molecule has 1 atom stereocenters. The van der Waals surface area contributed by atoms with Gasteiger partial charge in [-0.25, -0.2) is 0 Å². The zero-order valence-corrected chi connectivity index (χ0v) is 9.19. The largest absolute Gasteiger partial charge is 0.317 e. The molecule has 0 saturated carbocycles. The van der Waals surface area contributed by atoms with E-state index in [4.69, 9.17) is 0 Å². The SMILES string of the molecule is C=C/C=C(\C=C)S(=O)C1CCNCC1. The number of nitrogens with one attached hydrogen (secondary N) is 1. The van der Waals surface area contributed by atoms with E-state index < -0.39 is 10.8 Å².